The van der Waals surface area contributed by atoms with Crippen molar-refractivity contribution in [2.24, 2.45) is 0 Å². The van der Waals surface area contributed by atoms with E-state index in [1.165, 1.54) is 10.0 Å². The van der Waals surface area contributed by atoms with Crippen LogP contribution in [-0.4, -0.2) is 21.2 Å². The first-order valence-electron chi connectivity index (χ1n) is 6.03. The molecule has 92 valence electrons. The van der Waals surface area contributed by atoms with Crippen LogP contribution in [0, 0.1) is 0 Å². The molecular formula is C16H16OSe. The summed E-state index contributed by atoms with van der Waals surface area (Å²) in [5, 5.41) is 0. The van der Waals surface area contributed by atoms with E-state index in [1.807, 2.05) is 36.4 Å². The predicted octanol–water partition coefficient (Wildman–Crippen LogP) is 2.81. The minimum absolute atomic E-state index is 0.0994. The molecule has 0 saturated carbocycles. The van der Waals surface area contributed by atoms with Gasteiger partial charge in [-0.05, 0) is 0 Å². The van der Waals surface area contributed by atoms with Crippen LogP contribution in [0.3, 0.4) is 0 Å². The molecule has 0 aliphatic carbocycles. The minimum atomic E-state index is 0.0994. The zero-order valence-corrected chi connectivity index (χ0v) is 12.0. The van der Waals surface area contributed by atoms with Crippen LogP contribution in [-0.2, 0) is 4.79 Å². The van der Waals surface area contributed by atoms with Gasteiger partial charge in [-0.1, -0.05) is 0 Å². The second-order valence-electron chi connectivity index (χ2n) is 4.23. The van der Waals surface area contributed by atoms with Crippen molar-refractivity contribution in [3.05, 3.63) is 66.2 Å². The summed E-state index contributed by atoms with van der Waals surface area (Å²) in [6.45, 7) is 2.14. The fourth-order valence-corrected chi connectivity index (χ4v) is 4.04. The number of aldehydes is 1. The van der Waals surface area contributed by atoms with Gasteiger partial charge in [0.25, 0.3) is 0 Å². The maximum atomic E-state index is 11.3. The molecule has 0 aliphatic heterocycles. The van der Waals surface area contributed by atoms with Gasteiger partial charge in [-0.25, -0.2) is 0 Å². The van der Waals surface area contributed by atoms with E-state index >= 15 is 0 Å². The van der Waals surface area contributed by atoms with Crippen molar-refractivity contribution < 1.29 is 4.79 Å². The van der Waals surface area contributed by atoms with Gasteiger partial charge < -0.3 is 0 Å². The molecular weight excluding hydrogens is 287 g/mol. The quantitative estimate of drug-likeness (QED) is 0.613. The van der Waals surface area contributed by atoms with Gasteiger partial charge in [-0.2, -0.15) is 0 Å². The average molecular weight is 303 g/mol. The number of benzene rings is 2. The molecule has 0 amide bonds. The van der Waals surface area contributed by atoms with Crippen LogP contribution in [0.1, 0.15) is 18.4 Å². The third-order valence-corrected chi connectivity index (χ3v) is 5.77. The fourth-order valence-electron chi connectivity index (χ4n) is 1.85. The molecule has 2 rings (SSSR count). The predicted molar refractivity (Wildman–Crippen MR) is 76.5 cm³/mol. The van der Waals surface area contributed by atoms with Crippen molar-refractivity contribution >= 4 is 25.7 Å². The molecule has 0 bridgehead atoms. The van der Waals surface area contributed by atoms with Crippen molar-refractivity contribution in [3.8, 4) is 0 Å². The summed E-state index contributed by atoms with van der Waals surface area (Å²) in [7, 11) is 0. The number of carbonyl (C=O) groups excluding carboxylic acids is 1. The van der Waals surface area contributed by atoms with Gasteiger partial charge in [-0.3, -0.25) is 0 Å². The Balaban J connectivity index is 2.12. The third-order valence-electron chi connectivity index (χ3n) is 2.97. The molecule has 2 aromatic rings. The van der Waals surface area contributed by atoms with E-state index in [9.17, 15) is 4.79 Å². The van der Waals surface area contributed by atoms with Crippen LogP contribution < -0.4 is 4.46 Å². The molecule has 0 radical (unpaired) electrons. The van der Waals surface area contributed by atoms with Gasteiger partial charge in [0.05, 0.1) is 0 Å². The Labute approximate surface area is 114 Å². The summed E-state index contributed by atoms with van der Waals surface area (Å²) in [5.41, 5.74) is 1.24. The first-order valence-corrected chi connectivity index (χ1v) is 7.88. The van der Waals surface area contributed by atoms with E-state index in [0.29, 0.717) is 0 Å². The molecule has 2 heteroatoms. The first kappa shape index (κ1) is 13.1. The number of rotatable bonds is 5. The molecule has 2 unspecified atom stereocenters. The molecule has 0 fully saturated rings. The number of hydrogen-bond acceptors (Lipinski definition) is 1. The van der Waals surface area contributed by atoms with Crippen LogP contribution in [0.15, 0.2) is 60.7 Å². The normalized spacial score (nSPS) is 13.8. The zero-order valence-electron chi connectivity index (χ0n) is 10.3. The van der Waals surface area contributed by atoms with Gasteiger partial charge in [0.15, 0.2) is 0 Å². The second kappa shape index (κ2) is 6.53. The van der Waals surface area contributed by atoms with Crippen LogP contribution in [0.5, 0.6) is 0 Å². The Kier molecular flexibility index (Phi) is 4.74. The molecule has 2 atom stereocenters. The van der Waals surface area contributed by atoms with Gasteiger partial charge in [-0.15, -0.1) is 0 Å². The van der Waals surface area contributed by atoms with Crippen molar-refractivity contribution in [2.45, 2.75) is 17.7 Å². The summed E-state index contributed by atoms with van der Waals surface area (Å²) in [6.07, 6.45) is 1.12. The Bertz CT molecular complexity index is 481. The molecule has 0 spiro atoms. The van der Waals surface area contributed by atoms with Crippen molar-refractivity contribution in [1.29, 1.82) is 0 Å². The summed E-state index contributed by atoms with van der Waals surface area (Å²) in [5.74, 6) is 0.281. The maximum absolute atomic E-state index is 11.3. The van der Waals surface area contributed by atoms with E-state index in [1.54, 1.807) is 0 Å². The molecule has 18 heavy (non-hydrogen) atoms. The topological polar surface area (TPSA) is 17.1 Å². The first-order chi connectivity index (χ1) is 8.81. The molecule has 0 saturated heterocycles. The standard InChI is InChI=1S/C16H16OSe/c1-13(14-8-4-2-5-9-14)16(12-17)18-15-10-6-3-7-11-15/h2-13,16H,1H3. The van der Waals surface area contributed by atoms with Crippen LogP contribution in [0.4, 0.5) is 0 Å². The second-order valence-corrected chi connectivity index (χ2v) is 6.86. The van der Waals surface area contributed by atoms with E-state index in [-0.39, 0.29) is 25.7 Å². The summed E-state index contributed by atoms with van der Waals surface area (Å²) >= 11 is 0.193. The van der Waals surface area contributed by atoms with Gasteiger partial charge in [0, 0.05) is 0 Å². The number of carbonyl (C=O) groups is 1. The van der Waals surface area contributed by atoms with Gasteiger partial charge >= 0.3 is 114 Å². The fraction of sp³-hybridized carbons (Fsp3) is 0.188. The number of hydrogen-bond donors (Lipinski definition) is 0. The molecule has 1 nitrogen and oxygen atoms in total. The Morgan fingerprint density at radius 3 is 2.06 bits per heavy atom. The van der Waals surface area contributed by atoms with Crippen LogP contribution in [0.2, 0.25) is 4.82 Å². The Morgan fingerprint density at radius 1 is 0.944 bits per heavy atom. The summed E-state index contributed by atoms with van der Waals surface area (Å²) in [6, 6.07) is 20.6. The van der Waals surface area contributed by atoms with E-state index in [4.69, 9.17) is 0 Å². The SMILES string of the molecule is CC(c1ccccc1)C(C=O)[Se]c1ccccc1. The zero-order chi connectivity index (χ0) is 12.8. The van der Waals surface area contributed by atoms with E-state index in [0.717, 1.165) is 6.29 Å². The van der Waals surface area contributed by atoms with Crippen molar-refractivity contribution in [3.63, 3.8) is 0 Å². The third kappa shape index (κ3) is 3.32. The molecule has 2 aromatic carbocycles. The van der Waals surface area contributed by atoms with Crippen LogP contribution in [0.25, 0.3) is 0 Å². The van der Waals surface area contributed by atoms with E-state index < -0.39 is 0 Å². The van der Waals surface area contributed by atoms with Crippen molar-refractivity contribution in [2.75, 3.05) is 0 Å². The van der Waals surface area contributed by atoms with Crippen molar-refractivity contribution in [1.82, 2.24) is 0 Å². The summed E-state index contributed by atoms with van der Waals surface area (Å²) in [4.78, 5) is 11.4. The Hall–Kier alpha value is -1.37. The van der Waals surface area contributed by atoms with E-state index in [2.05, 4.69) is 31.2 Å². The Morgan fingerprint density at radius 2 is 1.50 bits per heavy atom. The van der Waals surface area contributed by atoms with Gasteiger partial charge in [0.1, 0.15) is 0 Å². The monoisotopic (exact) mass is 304 g/mol. The summed E-state index contributed by atoms with van der Waals surface area (Å²) < 4.78 is 1.28. The average Bonchev–Trinajstić information content (AvgIpc) is 2.46. The molecule has 0 heterocycles. The molecule has 0 aromatic heterocycles. The van der Waals surface area contributed by atoms with Gasteiger partial charge in [0.2, 0.25) is 0 Å². The van der Waals surface area contributed by atoms with Crippen LogP contribution >= 0.6 is 0 Å². The molecule has 0 N–H and O–H groups in total. The molecule has 0 aliphatic rings.